The molecular weight excluding hydrogens is 427 g/mol. The van der Waals surface area contributed by atoms with Gasteiger partial charge in [0.05, 0.1) is 14.9 Å². The van der Waals surface area contributed by atoms with Gasteiger partial charge in [0.15, 0.2) is 11.6 Å². The van der Waals surface area contributed by atoms with Crippen LogP contribution in [0.4, 0.5) is 5.95 Å². The second-order valence-electron chi connectivity index (χ2n) is 8.22. The van der Waals surface area contributed by atoms with Gasteiger partial charge in [-0.25, -0.2) is 4.68 Å². The van der Waals surface area contributed by atoms with Gasteiger partial charge in [0, 0.05) is 17.7 Å². The van der Waals surface area contributed by atoms with Crippen LogP contribution in [0.2, 0.25) is 10.0 Å². The van der Waals surface area contributed by atoms with Crippen LogP contribution < -0.4 is 5.32 Å². The smallest absolute Gasteiger partial charge is 0.226 e. The second kappa shape index (κ2) is 6.69. The third-order valence-corrected chi connectivity index (χ3v) is 6.94. The van der Waals surface area contributed by atoms with Gasteiger partial charge < -0.3 is 5.32 Å². The number of nitrogens with one attached hydrogen (secondary N) is 1. The molecule has 5 rings (SSSR count). The molecular formula is C21H18Cl2N4OS. The number of thiophene rings is 1. The lowest BCUT2D eigenvalue weighted by Crippen LogP contribution is -2.36. The van der Waals surface area contributed by atoms with Crippen molar-refractivity contribution in [1.29, 1.82) is 0 Å². The van der Waals surface area contributed by atoms with Crippen molar-refractivity contribution in [2.24, 2.45) is 5.41 Å². The summed E-state index contributed by atoms with van der Waals surface area (Å²) in [6, 6.07) is 9.04. The lowest BCUT2D eigenvalue weighted by Gasteiger charge is -2.38. The molecule has 3 heterocycles. The minimum Gasteiger partial charge on any atom is -0.328 e. The maximum Gasteiger partial charge on any atom is 0.226 e. The predicted octanol–water partition coefficient (Wildman–Crippen LogP) is 5.97. The molecule has 3 aromatic rings. The molecule has 0 fully saturated rings. The number of hydrogen-bond donors (Lipinski definition) is 1. The van der Waals surface area contributed by atoms with E-state index in [-0.39, 0.29) is 17.2 Å². The van der Waals surface area contributed by atoms with Crippen LogP contribution in [0.15, 0.2) is 47.0 Å². The number of benzene rings is 1. The molecule has 1 aliphatic carbocycles. The van der Waals surface area contributed by atoms with Crippen LogP contribution >= 0.6 is 34.5 Å². The van der Waals surface area contributed by atoms with Crippen LogP contribution in [-0.2, 0) is 4.79 Å². The van der Waals surface area contributed by atoms with E-state index in [1.54, 1.807) is 22.1 Å². The predicted molar refractivity (Wildman–Crippen MR) is 117 cm³/mol. The second-order valence-corrected chi connectivity index (χ2v) is 9.98. The van der Waals surface area contributed by atoms with E-state index in [9.17, 15) is 4.79 Å². The number of halogens is 2. The summed E-state index contributed by atoms with van der Waals surface area (Å²) in [6.07, 6.45) is 1.26. The molecule has 148 valence electrons. The minimum absolute atomic E-state index is 0.107. The van der Waals surface area contributed by atoms with Gasteiger partial charge in [-0.1, -0.05) is 49.2 Å². The standard InChI is InChI=1S/C21H18Cl2N4OS/c1-21(2)9-14-17(15(28)10-21)18(11-5-6-12(22)13(23)8-11)27-20(24-14)25-19(26-27)16-4-3-7-29-16/h3-8,18H,9-10H2,1-2H3,(H,24,25,26). The fourth-order valence-corrected chi connectivity index (χ4v) is 5.07. The van der Waals surface area contributed by atoms with Gasteiger partial charge >= 0.3 is 0 Å². The van der Waals surface area contributed by atoms with Gasteiger partial charge in [-0.15, -0.1) is 16.4 Å². The molecule has 1 aliphatic heterocycles. The first-order valence-corrected chi connectivity index (χ1v) is 10.9. The Balaban J connectivity index is 1.71. The number of aromatic nitrogens is 3. The third kappa shape index (κ3) is 3.19. The zero-order chi connectivity index (χ0) is 20.3. The quantitative estimate of drug-likeness (QED) is 0.528. The van der Waals surface area contributed by atoms with Crippen molar-refractivity contribution in [2.45, 2.75) is 32.7 Å². The van der Waals surface area contributed by atoms with E-state index in [0.29, 0.717) is 28.2 Å². The number of allylic oxidation sites excluding steroid dienone is 2. The highest BCUT2D eigenvalue weighted by atomic mass is 35.5. The van der Waals surface area contributed by atoms with E-state index >= 15 is 0 Å². The molecule has 5 nitrogen and oxygen atoms in total. The molecule has 2 aliphatic rings. The van der Waals surface area contributed by atoms with E-state index in [0.717, 1.165) is 28.1 Å². The molecule has 1 atom stereocenters. The number of carbonyl (C=O) groups is 1. The maximum absolute atomic E-state index is 13.2. The van der Waals surface area contributed by atoms with E-state index in [1.807, 2.05) is 29.6 Å². The summed E-state index contributed by atoms with van der Waals surface area (Å²) in [6.45, 7) is 4.22. The Morgan fingerprint density at radius 2 is 2.03 bits per heavy atom. The van der Waals surface area contributed by atoms with Crippen molar-refractivity contribution in [3.05, 3.63) is 62.6 Å². The van der Waals surface area contributed by atoms with Gasteiger partial charge in [0.1, 0.15) is 6.04 Å². The number of anilines is 1. The summed E-state index contributed by atoms with van der Waals surface area (Å²) in [7, 11) is 0. The molecule has 0 amide bonds. The summed E-state index contributed by atoms with van der Waals surface area (Å²) >= 11 is 14.0. The lowest BCUT2D eigenvalue weighted by atomic mass is 9.73. The summed E-state index contributed by atoms with van der Waals surface area (Å²) < 4.78 is 1.80. The first-order chi connectivity index (χ1) is 13.8. The topological polar surface area (TPSA) is 59.8 Å². The van der Waals surface area contributed by atoms with Crippen molar-refractivity contribution in [3.8, 4) is 10.7 Å². The Morgan fingerprint density at radius 1 is 1.21 bits per heavy atom. The molecule has 0 saturated heterocycles. The first kappa shape index (κ1) is 18.9. The highest BCUT2D eigenvalue weighted by Gasteiger charge is 2.42. The summed E-state index contributed by atoms with van der Waals surface area (Å²) in [4.78, 5) is 18.9. The van der Waals surface area contributed by atoms with Crippen LogP contribution in [-0.4, -0.2) is 20.5 Å². The number of hydrogen-bond acceptors (Lipinski definition) is 5. The van der Waals surface area contributed by atoms with Crippen molar-refractivity contribution < 1.29 is 4.79 Å². The summed E-state index contributed by atoms with van der Waals surface area (Å²) in [5.41, 5.74) is 2.41. The molecule has 1 N–H and O–H groups in total. The number of ketones is 1. The molecule has 0 bridgehead atoms. The van der Waals surface area contributed by atoms with Crippen molar-refractivity contribution in [3.63, 3.8) is 0 Å². The van der Waals surface area contributed by atoms with Gasteiger partial charge in [-0.2, -0.15) is 4.98 Å². The zero-order valence-electron chi connectivity index (χ0n) is 15.9. The van der Waals surface area contributed by atoms with Gasteiger partial charge in [-0.05, 0) is 41.0 Å². The van der Waals surface area contributed by atoms with Gasteiger partial charge in [-0.3, -0.25) is 4.79 Å². The van der Waals surface area contributed by atoms with Crippen LogP contribution in [0.1, 0.15) is 38.3 Å². The maximum atomic E-state index is 13.2. The number of rotatable bonds is 2. The van der Waals surface area contributed by atoms with E-state index < -0.39 is 0 Å². The normalized spacial score (nSPS) is 20.3. The van der Waals surface area contributed by atoms with Gasteiger partial charge in [0.2, 0.25) is 5.95 Å². The SMILES string of the molecule is CC1(C)CC(=O)C2=C(C1)Nc1nc(-c3cccs3)nn1C2c1ccc(Cl)c(Cl)c1. The molecule has 8 heteroatoms. The molecule has 1 aromatic carbocycles. The Bertz CT molecular complexity index is 1160. The molecule has 29 heavy (non-hydrogen) atoms. The fourth-order valence-electron chi connectivity index (χ4n) is 4.11. The Kier molecular flexibility index (Phi) is 4.35. The number of Topliss-reactive ketones (excluding diaryl/α,β-unsaturated/α-hetero) is 1. The number of nitrogens with zero attached hydrogens (tertiary/aromatic N) is 3. The van der Waals surface area contributed by atoms with Crippen molar-refractivity contribution >= 4 is 46.3 Å². The first-order valence-electron chi connectivity index (χ1n) is 9.31. The molecule has 0 spiro atoms. The molecule has 0 saturated carbocycles. The summed E-state index contributed by atoms with van der Waals surface area (Å²) in [5.74, 6) is 1.39. The average molecular weight is 445 g/mol. The average Bonchev–Trinajstić information content (AvgIpc) is 3.30. The van der Waals surface area contributed by atoms with Crippen LogP contribution in [0.5, 0.6) is 0 Å². The fraction of sp³-hybridized carbons (Fsp3) is 0.286. The third-order valence-electron chi connectivity index (χ3n) is 5.33. The summed E-state index contributed by atoms with van der Waals surface area (Å²) in [5, 5.41) is 11.1. The van der Waals surface area contributed by atoms with Crippen molar-refractivity contribution in [2.75, 3.05) is 5.32 Å². The highest BCUT2D eigenvalue weighted by Crippen LogP contribution is 2.46. The monoisotopic (exact) mass is 444 g/mol. The van der Waals surface area contributed by atoms with Crippen LogP contribution in [0.25, 0.3) is 10.7 Å². The lowest BCUT2D eigenvalue weighted by molar-refractivity contribution is -0.118. The highest BCUT2D eigenvalue weighted by molar-refractivity contribution is 7.13. The largest absolute Gasteiger partial charge is 0.328 e. The van der Waals surface area contributed by atoms with Gasteiger partial charge in [0.25, 0.3) is 0 Å². The van der Waals surface area contributed by atoms with E-state index in [4.69, 9.17) is 33.3 Å². The molecule has 2 aromatic heterocycles. The molecule has 1 unspecified atom stereocenters. The van der Waals surface area contributed by atoms with E-state index in [2.05, 4.69) is 19.2 Å². The Hall–Kier alpha value is -2.15. The Morgan fingerprint density at radius 3 is 2.76 bits per heavy atom. The van der Waals surface area contributed by atoms with Crippen LogP contribution in [0.3, 0.4) is 0 Å². The minimum atomic E-state index is -0.388. The van der Waals surface area contributed by atoms with E-state index in [1.165, 1.54) is 0 Å². The number of fused-ring (bicyclic) bond motifs is 1. The Labute approximate surface area is 182 Å². The van der Waals surface area contributed by atoms with Crippen LogP contribution in [0, 0.1) is 5.41 Å². The number of carbonyl (C=O) groups excluding carboxylic acids is 1. The van der Waals surface area contributed by atoms with Crippen molar-refractivity contribution in [1.82, 2.24) is 14.8 Å². The zero-order valence-corrected chi connectivity index (χ0v) is 18.2. The molecule has 0 radical (unpaired) electrons.